The first-order valence-electron chi connectivity index (χ1n) is 4.92. The van der Waals surface area contributed by atoms with Crippen LogP contribution >= 0.6 is 0 Å². The van der Waals surface area contributed by atoms with Crippen molar-refractivity contribution in [3.63, 3.8) is 0 Å². The van der Waals surface area contributed by atoms with Crippen molar-refractivity contribution in [2.24, 2.45) is 0 Å². The van der Waals surface area contributed by atoms with Crippen LogP contribution in [0, 0.1) is 5.82 Å². The van der Waals surface area contributed by atoms with Crippen LogP contribution in [0.3, 0.4) is 0 Å². The number of nitrogens with zero attached hydrogens (tertiary/aromatic N) is 2. The van der Waals surface area contributed by atoms with Gasteiger partial charge in [-0.05, 0) is 25.7 Å². The summed E-state index contributed by atoms with van der Waals surface area (Å²) in [7, 11) is 0. The summed E-state index contributed by atoms with van der Waals surface area (Å²) in [6.45, 7) is 0. The van der Waals surface area contributed by atoms with Gasteiger partial charge >= 0.3 is 5.69 Å². The highest BCUT2D eigenvalue weighted by molar-refractivity contribution is 5.46. The zero-order valence-corrected chi connectivity index (χ0v) is 8.24. The fraction of sp³-hybridized carbons (Fsp3) is 0.400. The molecule has 0 amide bonds. The van der Waals surface area contributed by atoms with Gasteiger partial charge in [0.15, 0.2) is 11.6 Å². The predicted molar refractivity (Wildman–Crippen MR) is 55.6 cm³/mol. The molecule has 1 aromatic rings. The predicted octanol–water partition coefficient (Wildman–Crippen LogP) is 1.38. The number of rotatable bonds is 1. The molecule has 4 nitrogen and oxygen atoms in total. The largest absolute Gasteiger partial charge is 0.381 e. The first-order valence-corrected chi connectivity index (χ1v) is 4.92. The van der Waals surface area contributed by atoms with E-state index in [9.17, 15) is 9.18 Å². The van der Waals surface area contributed by atoms with E-state index in [0.29, 0.717) is 0 Å². The molecule has 0 spiro atoms. The lowest BCUT2D eigenvalue weighted by molar-refractivity contribution is 0.603. The highest BCUT2D eigenvalue weighted by Crippen LogP contribution is 2.20. The Morgan fingerprint density at radius 3 is 2.93 bits per heavy atom. The van der Waals surface area contributed by atoms with Crippen LogP contribution in [0.25, 0.3) is 5.70 Å². The standard InChI is InChI=1S/C10H12FN3O/c11-8-6-14(10(15)13-9(8)12)7-4-2-1-3-5-7/h4,6H,1-3,5H2,(H2,12,13,15). The highest BCUT2D eigenvalue weighted by Gasteiger charge is 2.10. The summed E-state index contributed by atoms with van der Waals surface area (Å²) in [5.41, 5.74) is 5.51. The average Bonchev–Trinajstić information content (AvgIpc) is 2.25. The highest BCUT2D eigenvalue weighted by atomic mass is 19.1. The van der Waals surface area contributed by atoms with E-state index in [1.54, 1.807) is 0 Å². The number of hydrogen-bond acceptors (Lipinski definition) is 3. The molecular weight excluding hydrogens is 197 g/mol. The summed E-state index contributed by atoms with van der Waals surface area (Å²) < 4.78 is 14.4. The van der Waals surface area contributed by atoms with Crippen LogP contribution in [0.15, 0.2) is 17.1 Å². The topological polar surface area (TPSA) is 60.9 Å². The van der Waals surface area contributed by atoms with Crippen molar-refractivity contribution < 1.29 is 4.39 Å². The van der Waals surface area contributed by atoms with Crippen LogP contribution in [0.4, 0.5) is 10.2 Å². The molecule has 0 unspecified atom stereocenters. The van der Waals surface area contributed by atoms with Crippen molar-refractivity contribution >= 4 is 11.5 Å². The summed E-state index contributed by atoms with van der Waals surface area (Å²) >= 11 is 0. The molecule has 1 heterocycles. The third-order valence-electron chi connectivity index (χ3n) is 2.49. The van der Waals surface area contributed by atoms with Gasteiger partial charge in [-0.2, -0.15) is 4.98 Å². The molecule has 0 aliphatic heterocycles. The van der Waals surface area contributed by atoms with Gasteiger partial charge in [-0.25, -0.2) is 9.18 Å². The van der Waals surface area contributed by atoms with Crippen LogP contribution in [0.1, 0.15) is 25.7 Å². The van der Waals surface area contributed by atoms with Crippen LogP contribution < -0.4 is 11.4 Å². The molecule has 0 radical (unpaired) electrons. The SMILES string of the molecule is Nc1nc(=O)n(C2=CCCCC2)cc1F. The van der Waals surface area contributed by atoms with E-state index in [-0.39, 0.29) is 5.82 Å². The zero-order valence-electron chi connectivity index (χ0n) is 8.24. The Bertz CT molecular complexity index is 464. The van der Waals surface area contributed by atoms with E-state index in [4.69, 9.17) is 5.73 Å². The van der Waals surface area contributed by atoms with E-state index in [1.807, 2.05) is 6.08 Å². The van der Waals surface area contributed by atoms with E-state index < -0.39 is 11.5 Å². The van der Waals surface area contributed by atoms with Crippen molar-refractivity contribution in [1.29, 1.82) is 0 Å². The molecule has 2 rings (SSSR count). The second-order valence-corrected chi connectivity index (χ2v) is 3.57. The third kappa shape index (κ3) is 1.91. The molecule has 0 saturated heterocycles. The maximum absolute atomic E-state index is 13.1. The number of hydrogen-bond donors (Lipinski definition) is 1. The Morgan fingerprint density at radius 1 is 1.47 bits per heavy atom. The molecule has 5 heteroatoms. The molecule has 0 aromatic carbocycles. The van der Waals surface area contributed by atoms with Gasteiger partial charge in [-0.15, -0.1) is 0 Å². The summed E-state index contributed by atoms with van der Waals surface area (Å²) in [6.07, 6.45) is 6.90. The minimum atomic E-state index is -0.652. The lowest BCUT2D eigenvalue weighted by Gasteiger charge is -2.14. The minimum Gasteiger partial charge on any atom is -0.381 e. The smallest absolute Gasteiger partial charge is 0.354 e. The van der Waals surface area contributed by atoms with E-state index in [0.717, 1.165) is 37.6 Å². The number of nitrogen functional groups attached to an aromatic ring is 1. The van der Waals surface area contributed by atoms with Gasteiger partial charge in [-0.1, -0.05) is 6.08 Å². The minimum absolute atomic E-state index is 0.340. The van der Waals surface area contributed by atoms with Gasteiger partial charge in [0.25, 0.3) is 0 Å². The van der Waals surface area contributed by atoms with Crippen LogP contribution in [-0.4, -0.2) is 9.55 Å². The molecule has 0 atom stereocenters. The number of halogens is 1. The van der Waals surface area contributed by atoms with E-state index >= 15 is 0 Å². The first kappa shape index (κ1) is 9.89. The van der Waals surface area contributed by atoms with E-state index in [1.165, 1.54) is 4.57 Å². The normalized spacial score (nSPS) is 16.2. The average molecular weight is 209 g/mol. The van der Waals surface area contributed by atoms with Gasteiger partial charge in [0.2, 0.25) is 0 Å². The van der Waals surface area contributed by atoms with Gasteiger partial charge in [0, 0.05) is 5.70 Å². The molecule has 1 aliphatic carbocycles. The van der Waals surface area contributed by atoms with Gasteiger partial charge in [0.05, 0.1) is 6.20 Å². The number of allylic oxidation sites excluding steroid dienone is 2. The first-order chi connectivity index (χ1) is 7.18. The summed E-state index contributed by atoms with van der Waals surface area (Å²) in [5.74, 6) is -0.992. The number of nitrogens with two attached hydrogens (primary N) is 1. The van der Waals surface area contributed by atoms with Crippen molar-refractivity contribution in [2.45, 2.75) is 25.7 Å². The molecule has 80 valence electrons. The Labute approximate surface area is 86.2 Å². The van der Waals surface area contributed by atoms with E-state index in [2.05, 4.69) is 4.98 Å². The summed E-state index contributed by atoms with van der Waals surface area (Å²) in [4.78, 5) is 14.9. The monoisotopic (exact) mass is 209 g/mol. The molecule has 15 heavy (non-hydrogen) atoms. The maximum Gasteiger partial charge on any atom is 0.354 e. The van der Waals surface area contributed by atoms with Gasteiger partial charge in [-0.3, -0.25) is 4.57 Å². The second-order valence-electron chi connectivity index (χ2n) is 3.57. The maximum atomic E-state index is 13.1. The zero-order chi connectivity index (χ0) is 10.8. The Hall–Kier alpha value is -1.65. The molecule has 1 aliphatic rings. The van der Waals surface area contributed by atoms with Crippen LogP contribution in [-0.2, 0) is 0 Å². The van der Waals surface area contributed by atoms with Crippen molar-refractivity contribution in [3.8, 4) is 0 Å². The van der Waals surface area contributed by atoms with Crippen LogP contribution in [0.2, 0.25) is 0 Å². The molecule has 0 bridgehead atoms. The van der Waals surface area contributed by atoms with Crippen molar-refractivity contribution in [1.82, 2.24) is 9.55 Å². The summed E-state index contributed by atoms with van der Waals surface area (Å²) in [5, 5.41) is 0. The van der Waals surface area contributed by atoms with Crippen molar-refractivity contribution in [2.75, 3.05) is 5.73 Å². The second kappa shape index (κ2) is 3.84. The molecule has 0 fully saturated rings. The van der Waals surface area contributed by atoms with Gasteiger partial charge < -0.3 is 5.73 Å². The van der Waals surface area contributed by atoms with Crippen LogP contribution in [0.5, 0.6) is 0 Å². The molecule has 2 N–H and O–H groups in total. The fourth-order valence-corrected chi connectivity index (χ4v) is 1.69. The number of aromatic nitrogens is 2. The quantitative estimate of drug-likeness (QED) is 0.760. The fourth-order valence-electron chi connectivity index (χ4n) is 1.69. The lowest BCUT2D eigenvalue weighted by Crippen LogP contribution is -2.24. The molecule has 0 saturated carbocycles. The molecule has 1 aromatic heterocycles. The lowest BCUT2D eigenvalue weighted by atomic mass is 10.0. The Kier molecular flexibility index (Phi) is 2.53. The number of anilines is 1. The Morgan fingerprint density at radius 2 is 2.27 bits per heavy atom. The Balaban J connectivity index is 2.48. The van der Waals surface area contributed by atoms with Crippen molar-refractivity contribution in [3.05, 3.63) is 28.6 Å². The summed E-state index contributed by atoms with van der Waals surface area (Å²) in [6, 6.07) is 0. The van der Waals surface area contributed by atoms with Gasteiger partial charge in [0.1, 0.15) is 0 Å². The third-order valence-corrected chi connectivity index (χ3v) is 2.49. The molecular formula is C10H12FN3O.